The minimum Gasteiger partial charge on any atom is -0.372 e. The van der Waals surface area contributed by atoms with Crippen molar-refractivity contribution in [1.29, 1.82) is 0 Å². The highest BCUT2D eigenvalue weighted by molar-refractivity contribution is 5.15. The Bertz CT molecular complexity index is 126. The quantitative estimate of drug-likeness (QED) is 0.476. The predicted molar refractivity (Wildman–Crippen MR) is 34.0 cm³/mol. The molecule has 0 radical (unpaired) electrons. The monoisotopic (exact) mass is 110 g/mol. The molecule has 1 rings (SSSR count). The van der Waals surface area contributed by atoms with Crippen molar-refractivity contribution in [2.45, 2.75) is 13.1 Å². The van der Waals surface area contributed by atoms with Crippen molar-refractivity contribution in [3.63, 3.8) is 0 Å². The van der Waals surface area contributed by atoms with Crippen LogP contribution in [-0.4, -0.2) is 6.17 Å². The molecule has 0 saturated heterocycles. The van der Waals surface area contributed by atoms with Gasteiger partial charge < -0.3 is 10.6 Å². The van der Waals surface area contributed by atoms with Crippen molar-refractivity contribution in [2.75, 3.05) is 0 Å². The standard InChI is InChI=1S/C6H10N2/c1-5-3-4-7-6(2)8-5/h3-4,6-8H,1H2,2H3. The summed E-state index contributed by atoms with van der Waals surface area (Å²) in [5.41, 5.74) is 0.969. The van der Waals surface area contributed by atoms with E-state index < -0.39 is 0 Å². The molecule has 0 spiro atoms. The van der Waals surface area contributed by atoms with Crippen molar-refractivity contribution in [1.82, 2.24) is 10.6 Å². The molecule has 0 saturated carbocycles. The molecule has 1 unspecified atom stereocenters. The molecule has 0 aromatic carbocycles. The average molecular weight is 110 g/mol. The minimum absolute atomic E-state index is 0.326. The molecular formula is C6H10N2. The van der Waals surface area contributed by atoms with Gasteiger partial charge in [0.1, 0.15) is 0 Å². The zero-order valence-corrected chi connectivity index (χ0v) is 4.94. The van der Waals surface area contributed by atoms with Gasteiger partial charge >= 0.3 is 0 Å². The highest BCUT2D eigenvalue weighted by atomic mass is 15.1. The minimum atomic E-state index is 0.326. The molecule has 2 N–H and O–H groups in total. The molecule has 0 aliphatic carbocycles. The third-order valence-corrected chi connectivity index (χ3v) is 1.03. The second-order valence-corrected chi connectivity index (χ2v) is 1.89. The van der Waals surface area contributed by atoms with Gasteiger partial charge in [-0.25, -0.2) is 0 Å². The fraction of sp³-hybridized carbons (Fsp3) is 0.333. The van der Waals surface area contributed by atoms with Crippen LogP contribution < -0.4 is 10.6 Å². The summed E-state index contributed by atoms with van der Waals surface area (Å²) in [6.45, 7) is 5.76. The van der Waals surface area contributed by atoms with Crippen LogP contribution in [-0.2, 0) is 0 Å². The summed E-state index contributed by atoms with van der Waals surface area (Å²) >= 11 is 0. The summed E-state index contributed by atoms with van der Waals surface area (Å²) in [5, 5.41) is 6.15. The van der Waals surface area contributed by atoms with Crippen LogP contribution in [0.4, 0.5) is 0 Å². The summed E-state index contributed by atoms with van der Waals surface area (Å²) in [4.78, 5) is 0. The third-order valence-electron chi connectivity index (χ3n) is 1.03. The van der Waals surface area contributed by atoms with Crippen molar-refractivity contribution in [3.05, 3.63) is 24.6 Å². The van der Waals surface area contributed by atoms with Gasteiger partial charge in [-0.05, 0) is 13.0 Å². The molecule has 8 heavy (non-hydrogen) atoms. The van der Waals surface area contributed by atoms with Crippen molar-refractivity contribution < 1.29 is 0 Å². The molecule has 1 atom stereocenters. The number of allylic oxidation sites excluding steroid dienone is 1. The normalized spacial score (nSPS) is 26.6. The molecule has 44 valence electrons. The van der Waals surface area contributed by atoms with E-state index in [0.29, 0.717) is 6.17 Å². The number of hydrogen-bond acceptors (Lipinski definition) is 2. The molecule has 0 bridgehead atoms. The Balaban J connectivity index is 2.54. The van der Waals surface area contributed by atoms with Crippen LogP contribution in [0.15, 0.2) is 24.6 Å². The number of nitrogens with one attached hydrogen (secondary N) is 2. The molecule has 2 nitrogen and oxygen atoms in total. The Hall–Kier alpha value is -0.920. The maximum Gasteiger partial charge on any atom is 0.0929 e. The zero-order chi connectivity index (χ0) is 5.98. The van der Waals surface area contributed by atoms with E-state index in [1.54, 1.807) is 0 Å². The molecule has 1 heterocycles. The van der Waals surface area contributed by atoms with Gasteiger partial charge in [-0.2, -0.15) is 0 Å². The summed E-state index contributed by atoms with van der Waals surface area (Å²) in [5.74, 6) is 0. The van der Waals surface area contributed by atoms with Gasteiger partial charge in [-0.15, -0.1) is 0 Å². The highest BCUT2D eigenvalue weighted by Gasteiger charge is 1.99. The highest BCUT2D eigenvalue weighted by Crippen LogP contribution is 1.93. The van der Waals surface area contributed by atoms with Gasteiger partial charge in [0.15, 0.2) is 0 Å². The van der Waals surface area contributed by atoms with Crippen LogP contribution >= 0.6 is 0 Å². The average Bonchev–Trinajstić information content (AvgIpc) is 1.64. The van der Waals surface area contributed by atoms with Crippen molar-refractivity contribution in [3.8, 4) is 0 Å². The first-order chi connectivity index (χ1) is 3.79. The number of rotatable bonds is 0. The zero-order valence-electron chi connectivity index (χ0n) is 4.94. The van der Waals surface area contributed by atoms with Gasteiger partial charge in [0.05, 0.1) is 6.17 Å². The van der Waals surface area contributed by atoms with Crippen LogP contribution in [0.3, 0.4) is 0 Å². The van der Waals surface area contributed by atoms with E-state index in [9.17, 15) is 0 Å². The Labute approximate surface area is 49.3 Å². The van der Waals surface area contributed by atoms with E-state index in [4.69, 9.17) is 0 Å². The smallest absolute Gasteiger partial charge is 0.0929 e. The van der Waals surface area contributed by atoms with E-state index in [2.05, 4.69) is 17.2 Å². The summed E-state index contributed by atoms with van der Waals surface area (Å²) in [6.07, 6.45) is 4.12. The van der Waals surface area contributed by atoms with E-state index in [1.807, 2.05) is 19.2 Å². The molecule has 0 aromatic heterocycles. The Kier molecular flexibility index (Phi) is 1.24. The van der Waals surface area contributed by atoms with E-state index in [0.717, 1.165) is 5.70 Å². The first kappa shape index (κ1) is 5.22. The van der Waals surface area contributed by atoms with Crippen LogP contribution in [0.2, 0.25) is 0 Å². The van der Waals surface area contributed by atoms with E-state index in [1.165, 1.54) is 0 Å². The van der Waals surface area contributed by atoms with Crippen molar-refractivity contribution in [2.24, 2.45) is 0 Å². The summed E-state index contributed by atoms with van der Waals surface area (Å²) < 4.78 is 0. The molecule has 1 aliphatic heterocycles. The molecule has 0 aromatic rings. The lowest BCUT2D eigenvalue weighted by molar-refractivity contribution is 0.553. The SMILES string of the molecule is C=C1C=CNC(C)N1. The largest absolute Gasteiger partial charge is 0.372 e. The van der Waals surface area contributed by atoms with Gasteiger partial charge in [-0.1, -0.05) is 6.58 Å². The van der Waals surface area contributed by atoms with E-state index >= 15 is 0 Å². The van der Waals surface area contributed by atoms with Crippen LogP contribution in [0, 0.1) is 0 Å². The summed E-state index contributed by atoms with van der Waals surface area (Å²) in [6, 6.07) is 0. The summed E-state index contributed by atoms with van der Waals surface area (Å²) in [7, 11) is 0. The molecule has 1 aliphatic rings. The maximum absolute atomic E-state index is 3.73. The second kappa shape index (κ2) is 1.90. The second-order valence-electron chi connectivity index (χ2n) is 1.89. The van der Waals surface area contributed by atoms with Gasteiger partial charge in [0.25, 0.3) is 0 Å². The molecule has 0 amide bonds. The Morgan fingerprint density at radius 2 is 2.50 bits per heavy atom. The molecule has 0 fully saturated rings. The fourth-order valence-corrected chi connectivity index (χ4v) is 0.661. The predicted octanol–water partition coefficient (Wildman–Crippen LogP) is 0.553. The van der Waals surface area contributed by atoms with Crippen LogP contribution in [0.1, 0.15) is 6.92 Å². The Morgan fingerprint density at radius 3 is 2.88 bits per heavy atom. The Morgan fingerprint density at radius 1 is 1.75 bits per heavy atom. The molecular weight excluding hydrogens is 100 g/mol. The van der Waals surface area contributed by atoms with Gasteiger partial charge in [0, 0.05) is 11.9 Å². The van der Waals surface area contributed by atoms with Crippen molar-refractivity contribution >= 4 is 0 Å². The lowest BCUT2D eigenvalue weighted by atomic mass is 10.3. The maximum atomic E-state index is 3.73. The third kappa shape index (κ3) is 1.03. The van der Waals surface area contributed by atoms with Crippen LogP contribution in [0.5, 0.6) is 0 Å². The number of hydrogen-bond donors (Lipinski definition) is 2. The van der Waals surface area contributed by atoms with Gasteiger partial charge in [-0.3, -0.25) is 0 Å². The molecule has 2 heteroatoms. The van der Waals surface area contributed by atoms with E-state index in [-0.39, 0.29) is 0 Å². The fourth-order valence-electron chi connectivity index (χ4n) is 0.661. The first-order valence-corrected chi connectivity index (χ1v) is 2.67. The lowest BCUT2D eigenvalue weighted by Gasteiger charge is -2.19. The first-order valence-electron chi connectivity index (χ1n) is 2.67. The van der Waals surface area contributed by atoms with Crippen LogP contribution in [0.25, 0.3) is 0 Å². The topological polar surface area (TPSA) is 24.1 Å². The van der Waals surface area contributed by atoms with Gasteiger partial charge in [0.2, 0.25) is 0 Å². The lowest BCUT2D eigenvalue weighted by Crippen LogP contribution is -2.38.